The molecule has 5 fully saturated rings. The molecule has 1 aliphatic heterocycles. The van der Waals surface area contributed by atoms with Crippen molar-refractivity contribution >= 4 is 40.9 Å². The Morgan fingerprint density at radius 2 is 1.35 bits per heavy atom. The van der Waals surface area contributed by atoms with E-state index < -0.39 is 46.8 Å². The van der Waals surface area contributed by atoms with Gasteiger partial charge in [0.05, 0.1) is 6.04 Å². The van der Waals surface area contributed by atoms with Gasteiger partial charge in [-0.05, 0) is 93.3 Å². The highest BCUT2D eigenvalue weighted by molar-refractivity contribution is 6.38. The highest BCUT2D eigenvalue weighted by Crippen LogP contribution is 2.42. The van der Waals surface area contributed by atoms with Gasteiger partial charge < -0.3 is 15.5 Å². The first-order valence-electron chi connectivity index (χ1n) is 21.8. The largest absolute Gasteiger partial charge is 0.349 e. The minimum Gasteiger partial charge on any atom is -0.349 e. The highest BCUT2D eigenvalue weighted by Gasteiger charge is 2.51. The number of carbonyl (C=O) groups is 7. The minimum atomic E-state index is -0.963. The molecule has 10 heteroatoms. The summed E-state index contributed by atoms with van der Waals surface area (Å²) in [6.45, 7) is 8.14. The zero-order valence-electron chi connectivity index (χ0n) is 33.8. The lowest BCUT2D eigenvalue weighted by Gasteiger charge is -2.40. The molecule has 54 heavy (non-hydrogen) atoms. The van der Waals surface area contributed by atoms with Gasteiger partial charge in [-0.1, -0.05) is 85.5 Å². The molecule has 4 aliphatic carbocycles. The molecule has 1 unspecified atom stereocenters. The molecule has 5 aliphatic rings. The van der Waals surface area contributed by atoms with E-state index >= 15 is 0 Å². The molecular weight excluding hydrogens is 682 g/mol. The van der Waals surface area contributed by atoms with Crippen molar-refractivity contribution in [2.75, 3.05) is 6.54 Å². The number of hydrogen-bond acceptors (Lipinski definition) is 7. The third-order valence-electron chi connectivity index (χ3n) is 13.5. The van der Waals surface area contributed by atoms with Crippen LogP contribution in [0.1, 0.15) is 169 Å². The van der Waals surface area contributed by atoms with E-state index in [0.717, 1.165) is 96.3 Å². The lowest BCUT2D eigenvalue weighted by molar-refractivity contribution is -0.148. The van der Waals surface area contributed by atoms with Crippen LogP contribution in [-0.2, 0) is 33.6 Å². The Balaban J connectivity index is 1.33. The normalized spacial score (nSPS) is 25.6. The first-order chi connectivity index (χ1) is 25.8. The quantitative estimate of drug-likeness (QED) is 0.146. The number of fused-ring (bicyclic) bond motifs is 1. The average molecular weight is 752 g/mol. The molecule has 0 bridgehead atoms. The second-order valence-electron chi connectivity index (χ2n) is 18.9. The number of ketones is 4. The number of hydrogen-bond donors (Lipinski definition) is 2. The van der Waals surface area contributed by atoms with Gasteiger partial charge in [0, 0.05) is 43.7 Å². The number of amides is 3. The maximum Gasteiger partial charge on any atom is 0.287 e. The maximum absolute atomic E-state index is 15.0. The first-order valence-corrected chi connectivity index (χ1v) is 21.8. The van der Waals surface area contributed by atoms with Gasteiger partial charge in [0.2, 0.25) is 23.4 Å². The molecule has 2 N–H and O–H groups in total. The molecule has 0 spiro atoms. The Labute approximate surface area is 323 Å². The van der Waals surface area contributed by atoms with Gasteiger partial charge in [-0.2, -0.15) is 0 Å². The summed E-state index contributed by atoms with van der Waals surface area (Å²) >= 11 is 0. The van der Waals surface area contributed by atoms with E-state index in [1.807, 2.05) is 27.7 Å². The standard InChI is InChI=1S/C44H69N3O7/c1-5-14-32(39(51)37(49)23-28-21-22-28)25-36(48)35-24-31-19-12-13-20-34(31)47(35)43(54)40(44(2,3)4)46-41(52)33(30-17-10-7-11-18-30)26-38(50)42(53)45-27-29-15-8-6-9-16-29/h28-35,40H,5-27H2,1-4H3,(H,45,53)(H,46,52)/t31-,32+,33-,34-,35-,40?/m0/s1. The van der Waals surface area contributed by atoms with Crippen LogP contribution in [-0.4, -0.2) is 70.4 Å². The molecule has 0 aromatic heterocycles. The predicted molar refractivity (Wildman–Crippen MR) is 207 cm³/mol. The predicted octanol–water partition coefficient (Wildman–Crippen LogP) is 6.84. The lowest BCUT2D eigenvalue weighted by atomic mass is 9.76. The number of carbonyl (C=O) groups excluding carboxylic acids is 7. The molecule has 0 radical (unpaired) electrons. The lowest BCUT2D eigenvalue weighted by Crippen LogP contribution is -2.60. The summed E-state index contributed by atoms with van der Waals surface area (Å²) in [7, 11) is 0. The summed E-state index contributed by atoms with van der Waals surface area (Å²) in [6.07, 6.45) is 17.4. The van der Waals surface area contributed by atoms with Crippen LogP contribution in [0.5, 0.6) is 0 Å². The topological polar surface area (TPSA) is 147 Å². The van der Waals surface area contributed by atoms with Crippen molar-refractivity contribution in [2.24, 2.45) is 40.9 Å². The molecule has 4 saturated carbocycles. The molecule has 302 valence electrons. The smallest absolute Gasteiger partial charge is 0.287 e. The van der Waals surface area contributed by atoms with Crippen LogP contribution in [0, 0.1) is 40.9 Å². The number of likely N-dealkylation sites (tertiary alicyclic amines) is 1. The van der Waals surface area contributed by atoms with Gasteiger partial charge in [0.15, 0.2) is 11.6 Å². The molecule has 0 aromatic carbocycles. The van der Waals surface area contributed by atoms with Gasteiger partial charge >= 0.3 is 0 Å². The van der Waals surface area contributed by atoms with Gasteiger partial charge in [-0.25, -0.2) is 0 Å². The molecule has 3 amide bonds. The number of rotatable bonds is 18. The monoisotopic (exact) mass is 752 g/mol. The highest BCUT2D eigenvalue weighted by atomic mass is 16.2. The van der Waals surface area contributed by atoms with Crippen LogP contribution < -0.4 is 10.6 Å². The Hall–Kier alpha value is -2.91. The SMILES string of the molecule is CCC[C@H](CC(=O)[C@@H]1C[C@@H]2CCCC[C@@H]2N1C(=O)C(NC(=O)[C@@H](CC(=O)C(=O)NCC1CCCCC1)C1CCCCC1)C(C)(C)C)C(=O)C(=O)CC1CC1. The average Bonchev–Trinajstić information content (AvgIpc) is 3.89. The molecule has 6 atom stereocenters. The van der Waals surface area contributed by atoms with E-state index in [4.69, 9.17) is 0 Å². The third-order valence-corrected chi connectivity index (χ3v) is 13.5. The minimum absolute atomic E-state index is 0.0574. The zero-order chi connectivity index (χ0) is 39.0. The van der Waals surface area contributed by atoms with Crippen molar-refractivity contribution in [3.05, 3.63) is 0 Å². The summed E-state index contributed by atoms with van der Waals surface area (Å²) in [6, 6.07) is -1.82. The van der Waals surface area contributed by atoms with E-state index in [0.29, 0.717) is 31.7 Å². The fourth-order valence-corrected chi connectivity index (χ4v) is 10.1. The Morgan fingerprint density at radius 1 is 0.722 bits per heavy atom. The van der Waals surface area contributed by atoms with E-state index in [1.165, 1.54) is 6.42 Å². The van der Waals surface area contributed by atoms with Crippen LogP contribution in [0.3, 0.4) is 0 Å². The summed E-state index contributed by atoms with van der Waals surface area (Å²) < 4.78 is 0. The third kappa shape index (κ3) is 11.1. The van der Waals surface area contributed by atoms with Crippen molar-refractivity contribution < 1.29 is 33.6 Å². The van der Waals surface area contributed by atoms with Crippen LogP contribution in [0.2, 0.25) is 0 Å². The van der Waals surface area contributed by atoms with Gasteiger partial charge in [0.1, 0.15) is 6.04 Å². The van der Waals surface area contributed by atoms with Crippen molar-refractivity contribution in [3.63, 3.8) is 0 Å². The van der Waals surface area contributed by atoms with Crippen molar-refractivity contribution in [3.8, 4) is 0 Å². The van der Waals surface area contributed by atoms with Crippen LogP contribution in [0.25, 0.3) is 0 Å². The van der Waals surface area contributed by atoms with Crippen LogP contribution >= 0.6 is 0 Å². The fraction of sp³-hybridized carbons (Fsp3) is 0.841. The number of nitrogens with zero attached hydrogens (tertiary/aromatic N) is 1. The maximum atomic E-state index is 15.0. The van der Waals surface area contributed by atoms with E-state index in [9.17, 15) is 33.6 Å². The number of Topliss-reactive ketones (excluding diaryl/α,β-unsaturated/α-hetero) is 4. The van der Waals surface area contributed by atoms with Gasteiger partial charge in [-0.15, -0.1) is 0 Å². The fourth-order valence-electron chi connectivity index (χ4n) is 10.1. The number of nitrogens with one attached hydrogen (secondary N) is 2. The van der Waals surface area contributed by atoms with E-state index in [2.05, 4.69) is 10.6 Å². The first kappa shape index (κ1) is 42.2. The zero-order valence-corrected chi connectivity index (χ0v) is 33.8. The molecular formula is C44H69N3O7. The summed E-state index contributed by atoms with van der Waals surface area (Å²) in [5.41, 5.74) is -0.721. The van der Waals surface area contributed by atoms with E-state index in [-0.39, 0.29) is 66.4 Å². The van der Waals surface area contributed by atoms with Gasteiger partial charge in [-0.3, -0.25) is 33.6 Å². The summed E-state index contributed by atoms with van der Waals surface area (Å²) in [5.74, 6) is -3.55. The second kappa shape index (κ2) is 19.3. The molecule has 1 heterocycles. The van der Waals surface area contributed by atoms with E-state index in [1.54, 1.807) is 4.90 Å². The Kier molecular flexibility index (Phi) is 15.1. The second-order valence-corrected chi connectivity index (χ2v) is 18.9. The van der Waals surface area contributed by atoms with Crippen molar-refractivity contribution in [1.29, 1.82) is 0 Å². The molecule has 5 rings (SSSR count). The Morgan fingerprint density at radius 3 is 1.98 bits per heavy atom. The molecule has 10 nitrogen and oxygen atoms in total. The van der Waals surface area contributed by atoms with Crippen LogP contribution in [0.15, 0.2) is 0 Å². The molecule has 1 saturated heterocycles. The Bertz CT molecular complexity index is 1370. The van der Waals surface area contributed by atoms with Gasteiger partial charge in [0.25, 0.3) is 5.91 Å². The van der Waals surface area contributed by atoms with Crippen molar-refractivity contribution in [2.45, 2.75) is 187 Å². The summed E-state index contributed by atoms with van der Waals surface area (Å²) in [4.78, 5) is 98.0. The molecule has 0 aromatic rings. The van der Waals surface area contributed by atoms with Crippen LogP contribution in [0.4, 0.5) is 0 Å². The van der Waals surface area contributed by atoms with Crippen molar-refractivity contribution in [1.82, 2.24) is 15.5 Å². The summed E-state index contributed by atoms with van der Waals surface area (Å²) in [5, 5.41) is 5.96.